The first kappa shape index (κ1) is 9.09. The molecule has 0 amide bonds. The van der Waals surface area contributed by atoms with Gasteiger partial charge in [-0.2, -0.15) is 0 Å². The molecule has 2 rings (SSSR count). The highest BCUT2D eigenvalue weighted by molar-refractivity contribution is 5.84. The van der Waals surface area contributed by atoms with Crippen molar-refractivity contribution in [2.24, 2.45) is 0 Å². The minimum absolute atomic E-state index is 0.302. The molecular weight excluding hydrogens is 178 g/mol. The number of hydrogen-bond acceptors (Lipinski definition) is 2. The van der Waals surface area contributed by atoms with Crippen molar-refractivity contribution < 1.29 is 9.84 Å². The molecular formula is C11H13NO2. The van der Waals surface area contributed by atoms with Crippen molar-refractivity contribution in [3.63, 3.8) is 0 Å². The third kappa shape index (κ3) is 1.59. The van der Waals surface area contributed by atoms with E-state index in [9.17, 15) is 5.11 Å². The predicted molar refractivity (Wildman–Crippen MR) is 55.5 cm³/mol. The Balaban J connectivity index is 2.40. The van der Waals surface area contributed by atoms with Gasteiger partial charge in [-0.3, -0.25) is 0 Å². The lowest BCUT2D eigenvalue weighted by atomic mass is 10.1. The third-order valence-corrected chi connectivity index (χ3v) is 2.33. The van der Waals surface area contributed by atoms with Crippen LogP contribution in [0.25, 0.3) is 10.9 Å². The minimum Gasteiger partial charge on any atom is -0.508 e. The molecule has 0 saturated heterocycles. The fraction of sp³-hybridized carbons (Fsp3) is 0.273. The van der Waals surface area contributed by atoms with Gasteiger partial charge < -0.3 is 14.8 Å². The number of fused-ring (bicyclic) bond motifs is 1. The SMILES string of the molecule is COCCc1c[nH]c2ccc(O)cc12. The van der Waals surface area contributed by atoms with Crippen LogP contribution in [0, 0.1) is 0 Å². The lowest BCUT2D eigenvalue weighted by Gasteiger charge is -1.98. The van der Waals surface area contributed by atoms with Crippen LogP contribution in [-0.2, 0) is 11.2 Å². The van der Waals surface area contributed by atoms with E-state index in [1.165, 1.54) is 5.56 Å². The minimum atomic E-state index is 0.302. The number of methoxy groups -OCH3 is 1. The average Bonchev–Trinajstić information content (AvgIpc) is 2.57. The van der Waals surface area contributed by atoms with Crippen molar-refractivity contribution in [2.75, 3.05) is 13.7 Å². The smallest absolute Gasteiger partial charge is 0.116 e. The van der Waals surface area contributed by atoms with Crippen LogP contribution in [0.15, 0.2) is 24.4 Å². The molecule has 1 aromatic carbocycles. The van der Waals surface area contributed by atoms with Gasteiger partial charge in [0.15, 0.2) is 0 Å². The van der Waals surface area contributed by atoms with Crippen molar-refractivity contribution in [2.45, 2.75) is 6.42 Å². The summed E-state index contributed by atoms with van der Waals surface area (Å²) in [5.41, 5.74) is 2.23. The second kappa shape index (κ2) is 3.72. The van der Waals surface area contributed by atoms with Crippen LogP contribution in [0.4, 0.5) is 0 Å². The van der Waals surface area contributed by atoms with Gasteiger partial charge in [0.25, 0.3) is 0 Å². The van der Waals surface area contributed by atoms with Crippen molar-refractivity contribution in [1.82, 2.24) is 4.98 Å². The van der Waals surface area contributed by atoms with E-state index in [1.54, 1.807) is 19.2 Å². The highest BCUT2D eigenvalue weighted by atomic mass is 16.5. The Bertz CT molecular complexity index is 434. The van der Waals surface area contributed by atoms with Gasteiger partial charge in [-0.1, -0.05) is 0 Å². The Morgan fingerprint density at radius 3 is 3.07 bits per heavy atom. The molecule has 0 fully saturated rings. The number of benzene rings is 1. The maximum Gasteiger partial charge on any atom is 0.116 e. The van der Waals surface area contributed by atoms with E-state index in [0.29, 0.717) is 12.4 Å². The Morgan fingerprint density at radius 1 is 1.43 bits per heavy atom. The zero-order valence-corrected chi connectivity index (χ0v) is 8.08. The summed E-state index contributed by atoms with van der Waals surface area (Å²) >= 11 is 0. The molecule has 3 heteroatoms. The van der Waals surface area contributed by atoms with E-state index >= 15 is 0 Å². The predicted octanol–water partition coefficient (Wildman–Crippen LogP) is 2.06. The third-order valence-electron chi connectivity index (χ3n) is 2.33. The first-order chi connectivity index (χ1) is 6.81. The van der Waals surface area contributed by atoms with Gasteiger partial charge >= 0.3 is 0 Å². The van der Waals surface area contributed by atoms with Crippen LogP contribution in [-0.4, -0.2) is 23.8 Å². The molecule has 0 aliphatic rings. The Kier molecular flexibility index (Phi) is 2.41. The number of aromatic amines is 1. The number of H-pyrrole nitrogens is 1. The Labute approximate surface area is 82.3 Å². The highest BCUT2D eigenvalue weighted by Gasteiger charge is 2.03. The van der Waals surface area contributed by atoms with Gasteiger partial charge in [0.2, 0.25) is 0 Å². The fourth-order valence-electron chi connectivity index (χ4n) is 1.59. The Morgan fingerprint density at radius 2 is 2.29 bits per heavy atom. The number of aromatic nitrogens is 1. The molecule has 0 aliphatic heterocycles. The summed E-state index contributed by atoms with van der Waals surface area (Å²) in [4.78, 5) is 3.16. The zero-order chi connectivity index (χ0) is 9.97. The lowest BCUT2D eigenvalue weighted by Crippen LogP contribution is -1.92. The second-order valence-electron chi connectivity index (χ2n) is 3.29. The largest absolute Gasteiger partial charge is 0.508 e. The summed E-state index contributed by atoms with van der Waals surface area (Å²) in [7, 11) is 1.69. The van der Waals surface area contributed by atoms with Gasteiger partial charge in [0.05, 0.1) is 6.61 Å². The average molecular weight is 191 g/mol. The molecule has 0 bridgehead atoms. The van der Waals surface area contributed by atoms with E-state index in [-0.39, 0.29) is 0 Å². The maximum absolute atomic E-state index is 9.35. The molecule has 1 heterocycles. The normalized spacial score (nSPS) is 10.9. The van der Waals surface area contributed by atoms with Gasteiger partial charge in [0.1, 0.15) is 5.75 Å². The number of ether oxygens (including phenoxy) is 1. The molecule has 2 aromatic rings. The van der Waals surface area contributed by atoms with E-state index in [4.69, 9.17) is 4.74 Å². The van der Waals surface area contributed by atoms with E-state index in [0.717, 1.165) is 17.3 Å². The molecule has 1 aromatic heterocycles. The summed E-state index contributed by atoms with van der Waals surface area (Å²) in [6.07, 6.45) is 2.82. The molecule has 2 N–H and O–H groups in total. The highest BCUT2D eigenvalue weighted by Crippen LogP contribution is 2.23. The summed E-state index contributed by atoms with van der Waals surface area (Å²) in [5.74, 6) is 0.302. The number of phenols is 1. The number of nitrogens with one attached hydrogen (secondary N) is 1. The van der Waals surface area contributed by atoms with Crippen molar-refractivity contribution >= 4 is 10.9 Å². The molecule has 0 aliphatic carbocycles. The first-order valence-electron chi connectivity index (χ1n) is 4.59. The van der Waals surface area contributed by atoms with Gasteiger partial charge in [-0.25, -0.2) is 0 Å². The summed E-state index contributed by atoms with van der Waals surface area (Å²) < 4.78 is 5.02. The summed E-state index contributed by atoms with van der Waals surface area (Å²) in [6.45, 7) is 0.697. The topological polar surface area (TPSA) is 45.2 Å². The standard InChI is InChI=1S/C11H13NO2/c1-14-5-4-8-7-12-11-3-2-9(13)6-10(8)11/h2-3,6-7,12-13H,4-5H2,1H3. The number of rotatable bonds is 3. The van der Waals surface area contributed by atoms with Crippen LogP contribution in [0.5, 0.6) is 5.75 Å². The first-order valence-corrected chi connectivity index (χ1v) is 4.59. The molecule has 0 atom stereocenters. The van der Waals surface area contributed by atoms with E-state index in [2.05, 4.69) is 4.98 Å². The second-order valence-corrected chi connectivity index (χ2v) is 3.29. The van der Waals surface area contributed by atoms with Gasteiger partial charge in [0, 0.05) is 24.2 Å². The Hall–Kier alpha value is -1.48. The van der Waals surface area contributed by atoms with Gasteiger partial charge in [-0.15, -0.1) is 0 Å². The zero-order valence-electron chi connectivity index (χ0n) is 8.08. The monoisotopic (exact) mass is 191 g/mol. The van der Waals surface area contributed by atoms with Crippen LogP contribution in [0.1, 0.15) is 5.56 Å². The van der Waals surface area contributed by atoms with Gasteiger partial charge in [-0.05, 0) is 30.2 Å². The quantitative estimate of drug-likeness (QED) is 0.780. The van der Waals surface area contributed by atoms with E-state index < -0.39 is 0 Å². The molecule has 0 spiro atoms. The number of hydrogen-bond donors (Lipinski definition) is 2. The molecule has 0 unspecified atom stereocenters. The molecule has 74 valence electrons. The van der Waals surface area contributed by atoms with Crippen molar-refractivity contribution in [3.8, 4) is 5.75 Å². The van der Waals surface area contributed by atoms with Crippen LogP contribution in [0.3, 0.4) is 0 Å². The molecule has 3 nitrogen and oxygen atoms in total. The maximum atomic E-state index is 9.35. The summed E-state index contributed by atoms with van der Waals surface area (Å²) in [5, 5.41) is 10.4. The summed E-state index contributed by atoms with van der Waals surface area (Å²) in [6, 6.07) is 5.33. The van der Waals surface area contributed by atoms with Crippen LogP contribution in [0.2, 0.25) is 0 Å². The number of phenolic OH excluding ortho intramolecular Hbond substituents is 1. The number of aromatic hydroxyl groups is 1. The fourth-order valence-corrected chi connectivity index (χ4v) is 1.59. The van der Waals surface area contributed by atoms with Crippen molar-refractivity contribution in [3.05, 3.63) is 30.0 Å². The van der Waals surface area contributed by atoms with Crippen molar-refractivity contribution in [1.29, 1.82) is 0 Å². The van der Waals surface area contributed by atoms with Crippen LogP contribution >= 0.6 is 0 Å². The molecule has 14 heavy (non-hydrogen) atoms. The lowest BCUT2D eigenvalue weighted by molar-refractivity contribution is 0.202. The van der Waals surface area contributed by atoms with Crippen LogP contribution < -0.4 is 0 Å². The van der Waals surface area contributed by atoms with E-state index in [1.807, 2.05) is 12.3 Å². The molecule has 0 saturated carbocycles. The molecule has 0 radical (unpaired) electrons.